The van der Waals surface area contributed by atoms with Gasteiger partial charge in [-0.05, 0) is 18.6 Å². The van der Waals surface area contributed by atoms with E-state index in [1.165, 1.54) is 11.0 Å². The van der Waals surface area contributed by atoms with E-state index < -0.39 is 0 Å². The van der Waals surface area contributed by atoms with Gasteiger partial charge in [0, 0.05) is 18.9 Å². The summed E-state index contributed by atoms with van der Waals surface area (Å²) >= 11 is 0. The van der Waals surface area contributed by atoms with Gasteiger partial charge in [0.1, 0.15) is 5.82 Å². The Hall–Kier alpha value is -1.82. The van der Waals surface area contributed by atoms with E-state index in [-0.39, 0.29) is 17.6 Å². The third-order valence-electron chi connectivity index (χ3n) is 2.82. The van der Waals surface area contributed by atoms with Crippen LogP contribution in [0.1, 0.15) is 12.0 Å². The molecule has 0 radical (unpaired) electrons. The highest BCUT2D eigenvalue weighted by Gasteiger charge is 2.31. The lowest BCUT2D eigenvalue weighted by molar-refractivity contribution is -0.117. The molecule has 1 aliphatic rings. The van der Waals surface area contributed by atoms with Crippen LogP contribution in [0.4, 0.5) is 10.1 Å². The molecule has 1 fully saturated rings. The molecule has 2 nitrogen and oxygen atoms in total. The average molecular weight is 217 g/mol. The van der Waals surface area contributed by atoms with Crippen LogP contribution < -0.4 is 4.90 Å². The van der Waals surface area contributed by atoms with Gasteiger partial charge in [-0.1, -0.05) is 12.1 Å². The fourth-order valence-electron chi connectivity index (χ4n) is 2.00. The van der Waals surface area contributed by atoms with E-state index in [9.17, 15) is 9.18 Å². The van der Waals surface area contributed by atoms with Crippen molar-refractivity contribution in [2.45, 2.75) is 13.3 Å². The number of hydrogen-bond donors (Lipinski definition) is 0. The monoisotopic (exact) mass is 217 g/mol. The van der Waals surface area contributed by atoms with E-state index in [4.69, 9.17) is 6.42 Å². The van der Waals surface area contributed by atoms with Gasteiger partial charge in [-0.3, -0.25) is 4.79 Å². The molecule has 1 amide bonds. The zero-order chi connectivity index (χ0) is 11.7. The molecule has 1 saturated heterocycles. The first-order chi connectivity index (χ1) is 7.63. The van der Waals surface area contributed by atoms with Crippen LogP contribution in [-0.2, 0) is 4.79 Å². The van der Waals surface area contributed by atoms with Crippen molar-refractivity contribution in [3.63, 3.8) is 0 Å². The van der Waals surface area contributed by atoms with Gasteiger partial charge in [0.15, 0.2) is 0 Å². The molecule has 1 heterocycles. The molecule has 0 aromatic heterocycles. The van der Waals surface area contributed by atoms with Crippen molar-refractivity contribution in [2.75, 3.05) is 11.4 Å². The van der Waals surface area contributed by atoms with E-state index in [1.54, 1.807) is 19.1 Å². The maximum atomic E-state index is 13.7. The number of nitrogens with zero attached hydrogens (tertiary/aromatic N) is 1. The minimum atomic E-state index is -0.369. The van der Waals surface area contributed by atoms with Crippen LogP contribution in [0.15, 0.2) is 18.2 Å². The minimum Gasteiger partial charge on any atom is -0.308 e. The van der Waals surface area contributed by atoms with Gasteiger partial charge < -0.3 is 4.90 Å². The summed E-state index contributed by atoms with van der Waals surface area (Å²) in [6.07, 6.45) is 5.60. The SMILES string of the molecule is C#CC1CC(=O)N(c2c(C)cccc2F)C1. The summed E-state index contributed by atoms with van der Waals surface area (Å²) in [7, 11) is 0. The Morgan fingerprint density at radius 3 is 2.88 bits per heavy atom. The summed E-state index contributed by atoms with van der Waals surface area (Å²) in [5.74, 6) is 1.97. The lowest BCUT2D eigenvalue weighted by Crippen LogP contribution is -2.26. The molecule has 0 N–H and O–H groups in total. The Labute approximate surface area is 94.1 Å². The summed E-state index contributed by atoms with van der Waals surface area (Å²) in [5, 5.41) is 0. The predicted molar refractivity (Wildman–Crippen MR) is 60.4 cm³/mol. The van der Waals surface area contributed by atoms with Crippen molar-refractivity contribution in [1.29, 1.82) is 0 Å². The minimum absolute atomic E-state index is 0.101. The van der Waals surface area contributed by atoms with E-state index >= 15 is 0 Å². The average Bonchev–Trinajstić information content (AvgIpc) is 2.60. The van der Waals surface area contributed by atoms with Crippen molar-refractivity contribution in [1.82, 2.24) is 0 Å². The van der Waals surface area contributed by atoms with E-state index in [0.29, 0.717) is 18.7 Å². The fraction of sp³-hybridized carbons (Fsp3) is 0.308. The molecule has 2 rings (SSSR count). The number of carbonyl (C=O) groups is 1. The number of amides is 1. The highest BCUT2D eigenvalue weighted by Crippen LogP contribution is 2.29. The molecule has 1 unspecified atom stereocenters. The Bertz CT molecular complexity index is 455. The van der Waals surface area contributed by atoms with Crippen LogP contribution in [0, 0.1) is 31.0 Å². The van der Waals surface area contributed by atoms with E-state index in [1.807, 2.05) is 0 Å². The largest absolute Gasteiger partial charge is 0.308 e. The van der Waals surface area contributed by atoms with Gasteiger partial charge in [0.05, 0.1) is 5.69 Å². The maximum Gasteiger partial charge on any atom is 0.228 e. The van der Waals surface area contributed by atoms with Crippen LogP contribution >= 0.6 is 0 Å². The second-order valence-electron chi connectivity index (χ2n) is 3.98. The summed E-state index contributed by atoms with van der Waals surface area (Å²) in [6, 6.07) is 4.78. The molecule has 1 aromatic rings. The molecule has 16 heavy (non-hydrogen) atoms. The van der Waals surface area contributed by atoms with Gasteiger partial charge in [-0.25, -0.2) is 4.39 Å². The number of carbonyl (C=O) groups excluding carboxylic acids is 1. The second kappa shape index (κ2) is 3.97. The number of para-hydroxylation sites is 1. The lowest BCUT2D eigenvalue weighted by atomic mass is 10.1. The Morgan fingerprint density at radius 1 is 1.56 bits per heavy atom. The van der Waals surface area contributed by atoms with Crippen LogP contribution in [0.25, 0.3) is 0 Å². The van der Waals surface area contributed by atoms with Gasteiger partial charge in [-0.2, -0.15) is 0 Å². The van der Waals surface area contributed by atoms with Gasteiger partial charge >= 0.3 is 0 Å². The lowest BCUT2D eigenvalue weighted by Gasteiger charge is -2.19. The first-order valence-corrected chi connectivity index (χ1v) is 5.15. The van der Waals surface area contributed by atoms with Crippen LogP contribution in [0.2, 0.25) is 0 Å². The fourth-order valence-corrected chi connectivity index (χ4v) is 2.00. The topological polar surface area (TPSA) is 20.3 Å². The van der Waals surface area contributed by atoms with Gasteiger partial charge in [0.25, 0.3) is 0 Å². The van der Waals surface area contributed by atoms with E-state index in [2.05, 4.69) is 5.92 Å². The Kier molecular flexibility index (Phi) is 2.66. The number of benzene rings is 1. The van der Waals surface area contributed by atoms with Gasteiger partial charge in [-0.15, -0.1) is 12.3 Å². The van der Waals surface area contributed by atoms with Crippen molar-refractivity contribution in [3.8, 4) is 12.3 Å². The molecule has 1 atom stereocenters. The number of rotatable bonds is 1. The van der Waals surface area contributed by atoms with Crippen LogP contribution in [0.3, 0.4) is 0 Å². The summed E-state index contributed by atoms with van der Waals surface area (Å²) in [5.41, 5.74) is 1.12. The third kappa shape index (κ3) is 1.67. The molecule has 0 spiro atoms. The maximum absolute atomic E-state index is 13.7. The number of aryl methyl sites for hydroxylation is 1. The molecular weight excluding hydrogens is 205 g/mol. The quantitative estimate of drug-likeness (QED) is 0.660. The molecule has 0 bridgehead atoms. The highest BCUT2D eigenvalue weighted by atomic mass is 19.1. The molecule has 0 saturated carbocycles. The number of hydrogen-bond acceptors (Lipinski definition) is 1. The third-order valence-corrected chi connectivity index (χ3v) is 2.82. The van der Waals surface area contributed by atoms with Crippen molar-refractivity contribution in [3.05, 3.63) is 29.6 Å². The zero-order valence-electron chi connectivity index (χ0n) is 9.03. The number of terminal acetylenes is 1. The summed E-state index contributed by atoms with van der Waals surface area (Å²) in [4.78, 5) is 13.2. The van der Waals surface area contributed by atoms with Gasteiger partial charge in [0.2, 0.25) is 5.91 Å². The van der Waals surface area contributed by atoms with Crippen LogP contribution in [0.5, 0.6) is 0 Å². The summed E-state index contributed by atoms with van der Waals surface area (Å²) in [6.45, 7) is 2.20. The van der Waals surface area contributed by atoms with Crippen molar-refractivity contribution < 1.29 is 9.18 Å². The smallest absolute Gasteiger partial charge is 0.228 e. The molecule has 0 aliphatic carbocycles. The van der Waals surface area contributed by atoms with Crippen molar-refractivity contribution in [2.24, 2.45) is 5.92 Å². The molecule has 3 heteroatoms. The normalized spacial score (nSPS) is 19.9. The molecule has 1 aliphatic heterocycles. The first-order valence-electron chi connectivity index (χ1n) is 5.15. The molecular formula is C13H12FNO. The molecule has 82 valence electrons. The first kappa shape index (κ1) is 10.7. The predicted octanol–water partition coefficient (Wildman–Crippen LogP) is 2.12. The second-order valence-corrected chi connectivity index (χ2v) is 3.98. The molecule has 1 aromatic carbocycles. The number of halogens is 1. The number of anilines is 1. The zero-order valence-corrected chi connectivity index (χ0v) is 9.03. The van der Waals surface area contributed by atoms with Crippen molar-refractivity contribution >= 4 is 11.6 Å². The van der Waals surface area contributed by atoms with Crippen LogP contribution in [-0.4, -0.2) is 12.5 Å². The standard InChI is InChI=1S/C13H12FNO/c1-3-10-7-12(16)15(8-10)13-9(2)5-4-6-11(13)14/h1,4-6,10H,7-8H2,2H3. The summed E-state index contributed by atoms with van der Waals surface area (Å²) < 4.78 is 13.7. The highest BCUT2D eigenvalue weighted by molar-refractivity contribution is 5.96. The van der Waals surface area contributed by atoms with E-state index in [0.717, 1.165) is 5.56 Å². The Morgan fingerprint density at radius 2 is 2.31 bits per heavy atom. The Balaban J connectivity index is 2.39.